The van der Waals surface area contributed by atoms with E-state index in [1.807, 2.05) is 61.5 Å². The Balaban J connectivity index is 0.000000223. The Labute approximate surface area is 327 Å². The molecule has 1 unspecified atom stereocenters. The molecule has 0 bridgehead atoms. The number of rotatable bonds is 6. The van der Waals surface area contributed by atoms with Crippen molar-refractivity contribution in [3.63, 3.8) is 0 Å². The van der Waals surface area contributed by atoms with Gasteiger partial charge in [0.05, 0.1) is 0 Å². The number of aromatic nitrogens is 2. The van der Waals surface area contributed by atoms with Gasteiger partial charge in [-0.1, -0.05) is 62.7 Å². The number of benzene rings is 4. The average molecular weight is 918 g/mol. The number of pyridine rings is 2. The van der Waals surface area contributed by atoms with Crippen molar-refractivity contribution in [1.82, 2.24) is 9.97 Å². The van der Waals surface area contributed by atoms with E-state index in [-0.39, 0.29) is 31.2 Å². The van der Waals surface area contributed by atoms with Gasteiger partial charge in [0.15, 0.2) is 0 Å². The van der Waals surface area contributed by atoms with Crippen LogP contribution in [-0.4, -0.2) is 23.2 Å². The molecule has 257 valence electrons. The summed E-state index contributed by atoms with van der Waals surface area (Å²) in [6.07, 6.45) is 1.52. The largest absolute Gasteiger partial charge is 0.304 e. The van der Waals surface area contributed by atoms with Gasteiger partial charge in [-0.2, -0.15) is 0 Å². The van der Waals surface area contributed by atoms with Crippen molar-refractivity contribution < 1.29 is 28.3 Å². The van der Waals surface area contributed by atoms with Crippen LogP contribution in [0.4, 0.5) is 0 Å². The number of hydrogen-bond acceptors (Lipinski definition) is 3. The van der Waals surface area contributed by atoms with Gasteiger partial charge in [0, 0.05) is 33.2 Å². The average Bonchev–Trinajstić information content (AvgIpc) is 3.53. The Bertz CT molecular complexity index is 2430. The zero-order valence-corrected chi connectivity index (χ0v) is 34.9. The second-order valence-corrected chi connectivity index (χ2v) is 26.1. The molecule has 1 atom stereocenters. The number of hydrogen-bond donors (Lipinski definition) is 0. The van der Waals surface area contributed by atoms with E-state index in [9.17, 15) is 0 Å². The van der Waals surface area contributed by atoms with E-state index >= 15 is 0 Å². The van der Waals surface area contributed by atoms with E-state index in [1.165, 1.54) is 30.8 Å². The predicted molar refractivity (Wildman–Crippen MR) is 215 cm³/mol. The SMILES string of the molecule is [2H]C(C)(c1ccccc1)c1ccc2c(c1)sc1c(-c3cc[c]([Ge]([CH3])([CH3])[CH3])cn3)[c-]ccc12.[2H]C([2H])([2H])c1cnc(-c2[c-]cccc2)cc1C([2H])([2H])C(C)(C)C.[Ir]. The first-order chi connectivity index (χ1) is 25.7. The van der Waals surface area contributed by atoms with Crippen LogP contribution >= 0.6 is 11.3 Å². The van der Waals surface area contributed by atoms with E-state index < -0.39 is 37.8 Å². The molecule has 7 rings (SSSR count). The zero-order valence-electron chi connectivity index (χ0n) is 35.6. The summed E-state index contributed by atoms with van der Waals surface area (Å²) < 4.78 is 52.9. The predicted octanol–water partition coefficient (Wildman–Crippen LogP) is 12.1. The molecule has 1 radical (unpaired) electrons. The molecule has 5 heteroatoms. The summed E-state index contributed by atoms with van der Waals surface area (Å²) in [5, 5.41) is 2.46. The third-order valence-electron chi connectivity index (χ3n) is 8.36. The summed E-state index contributed by atoms with van der Waals surface area (Å²) in [5.41, 5.74) is 4.63. The standard InChI is InChI=1S/C28H26GeNS.C17H20N.Ir/c1-19(20-9-6-5-7-10-20)21-13-15-23-24-11-8-12-25(28(24)31-27(23)17-21)26-16-14-22(18-30-26)29(2,3)4;1-13-12-18-16(14-8-6-5-7-9-14)10-15(13)11-17(2,3)4;/h5-11,13-19H,1-4H3;5-8,10,12H,11H2,1-4H3;/q2*-1;/i19D;1D3,11D2;. The van der Waals surface area contributed by atoms with E-state index in [2.05, 4.69) is 77.0 Å². The van der Waals surface area contributed by atoms with Crippen LogP contribution in [0.1, 0.15) is 64.1 Å². The molecular formula is C45H46GeIrN2S-2. The number of thiophene rings is 1. The molecule has 0 amide bonds. The van der Waals surface area contributed by atoms with Crippen molar-refractivity contribution in [3.8, 4) is 22.5 Å². The summed E-state index contributed by atoms with van der Waals surface area (Å²) in [6.45, 7) is 4.82. The van der Waals surface area contributed by atoms with Crippen molar-refractivity contribution >= 4 is 49.2 Å². The summed E-state index contributed by atoms with van der Waals surface area (Å²) in [5.74, 6) is 6.38. The first-order valence-corrected chi connectivity index (χ1v) is 24.7. The molecule has 3 heterocycles. The van der Waals surface area contributed by atoms with E-state index in [1.54, 1.807) is 44.2 Å². The minimum absolute atomic E-state index is 0. The van der Waals surface area contributed by atoms with Crippen LogP contribution in [0, 0.1) is 24.4 Å². The van der Waals surface area contributed by atoms with Crippen LogP contribution in [0.3, 0.4) is 0 Å². The Hall–Kier alpha value is -3.41. The fourth-order valence-electron chi connectivity index (χ4n) is 5.67. The van der Waals surface area contributed by atoms with Crippen LogP contribution in [0.15, 0.2) is 116 Å². The normalized spacial score (nSPS) is 15.2. The molecule has 7 aromatic rings. The molecule has 0 aliphatic heterocycles. The molecule has 0 saturated heterocycles. The molecule has 0 aliphatic carbocycles. The van der Waals surface area contributed by atoms with Gasteiger partial charge in [0.1, 0.15) is 0 Å². The first-order valence-electron chi connectivity index (χ1n) is 19.6. The Morgan fingerprint density at radius 3 is 2.24 bits per heavy atom. The maximum Gasteiger partial charge on any atom is 0.0321 e. The number of fused-ring (bicyclic) bond motifs is 3. The molecule has 0 spiro atoms. The topological polar surface area (TPSA) is 25.8 Å². The van der Waals surface area contributed by atoms with Gasteiger partial charge >= 0.3 is 163 Å². The maximum absolute atomic E-state index is 9.06. The van der Waals surface area contributed by atoms with Crippen molar-refractivity contribution in [2.75, 3.05) is 0 Å². The molecule has 0 fully saturated rings. The molecule has 3 aromatic heterocycles. The van der Waals surface area contributed by atoms with Crippen LogP contribution in [-0.2, 0) is 26.5 Å². The van der Waals surface area contributed by atoms with Gasteiger partial charge in [-0.05, 0) is 29.9 Å². The van der Waals surface area contributed by atoms with E-state index in [0.717, 1.165) is 22.4 Å². The summed E-state index contributed by atoms with van der Waals surface area (Å²) in [7, 11) is 0. The van der Waals surface area contributed by atoms with Gasteiger partial charge in [-0.25, -0.2) is 0 Å². The van der Waals surface area contributed by atoms with Crippen molar-refractivity contribution in [1.29, 1.82) is 0 Å². The number of aryl methyl sites for hydroxylation is 1. The van der Waals surface area contributed by atoms with Crippen molar-refractivity contribution in [3.05, 3.63) is 150 Å². The van der Waals surface area contributed by atoms with Gasteiger partial charge in [0.2, 0.25) is 0 Å². The fraction of sp³-hybridized carbons (Fsp3) is 0.244. The van der Waals surface area contributed by atoms with Gasteiger partial charge in [-0.3, -0.25) is 0 Å². The quantitative estimate of drug-likeness (QED) is 0.123. The van der Waals surface area contributed by atoms with E-state index in [0.29, 0.717) is 11.3 Å². The van der Waals surface area contributed by atoms with Crippen LogP contribution in [0.2, 0.25) is 17.3 Å². The minimum atomic E-state index is -2.42. The van der Waals surface area contributed by atoms with Gasteiger partial charge in [0.25, 0.3) is 0 Å². The molecule has 0 saturated carbocycles. The Morgan fingerprint density at radius 2 is 1.58 bits per heavy atom. The van der Waals surface area contributed by atoms with Gasteiger partial charge < -0.3 is 4.98 Å². The molecule has 50 heavy (non-hydrogen) atoms. The Kier molecular flexibility index (Phi) is 9.60. The van der Waals surface area contributed by atoms with Crippen molar-refractivity contribution in [2.45, 2.75) is 64.1 Å². The third kappa shape index (κ3) is 8.90. The summed E-state index contributed by atoms with van der Waals surface area (Å²) >= 11 is -0.112. The smallest absolute Gasteiger partial charge is 0.0321 e. The zero-order chi connectivity index (χ0) is 40.0. The molecule has 0 aliphatic rings. The second-order valence-electron chi connectivity index (χ2n) is 14.3. The summed E-state index contributed by atoms with van der Waals surface area (Å²) in [4.78, 5) is 9.04. The van der Waals surface area contributed by atoms with Crippen LogP contribution < -0.4 is 4.40 Å². The minimum Gasteiger partial charge on any atom is -0.304 e. The van der Waals surface area contributed by atoms with Crippen LogP contribution in [0.25, 0.3) is 42.7 Å². The van der Waals surface area contributed by atoms with Crippen LogP contribution in [0.5, 0.6) is 0 Å². The number of nitrogens with zero attached hydrogens (tertiary/aromatic N) is 2. The Morgan fingerprint density at radius 1 is 0.820 bits per heavy atom. The van der Waals surface area contributed by atoms with Gasteiger partial charge in [-0.15, -0.1) is 35.9 Å². The fourth-order valence-corrected chi connectivity index (χ4v) is 9.09. The molecule has 4 aromatic carbocycles. The van der Waals surface area contributed by atoms with E-state index in [4.69, 9.17) is 13.2 Å². The molecule has 0 N–H and O–H groups in total. The molecule has 2 nitrogen and oxygen atoms in total. The third-order valence-corrected chi connectivity index (χ3v) is 13.8. The second kappa shape index (κ2) is 15.9. The monoisotopic (exact) mass is 919 g/mol. The maximum atomic E-state index is 9.06. The van der Waals surface area contributed by atoms with Crippen molar-refractivity contribution in [2.24, 2.45) is 5.41 Å². The first kappa shape index (κ1) is 30.2. The molecular weight excluding hydrogens is 865 g/mol. The summed E-state index contributed by atoms with van der Waals surface area (Å²) in [6, 6.07) is 40.3.